The van der Waals surface area contributed by atoms with Crippen LogP contribution < -0.4 is 14.4 Å². The molecule has 0 saturated heterocycles. The van der Waals surface area contributed by atoms with E-state index in [1.807, 2.05) is 61.5 Å². The van der Waals surface area contributed by atoms with E-state index in [1.165, 1.54) is 30.2 Å². The number of methoxy groups -OCH3 is 1. The van der Waals surface area contributed by atoms with Crippen LogP contribution in [0.2, 0.25) is 5.02 Å². The minimum atomic E-state index is -4.26. The first-order valence-electron chi connectivity index (χ1n) is 14.4. The highest BCUT2D eigenvalue weighted by Crippen LogP contribution is 2.28. The number of amides is 2. The molecule has 4 aromatic carbocycles. The standard InChI is InChI=1S/C34H35BrClN3O5S/c1-3-20-37-34(41)32(21-25-8-5-4-6-9-25)38(23-26-12-14-27(35)15-13-26)33(40)24-39(29-11-7-10-28(36)22-29)45(42,43)31-18-16-30(44-2)17-19-31/h4-19,22,32H,3,20-21,23-24H2,1-2H3,(H,37,41)/t32-/m0/s1. The van der Waals surface area contributed by atoms with Gasteiger partial charge in [0.25, 0.3) is 10.0 Å². The molecule has 0 aliphatic heterocycles. The van der Waals surface area contributed by atoms with E-state index in [9.17, 15) is 18.0 Å². The maximum atomic E-state index is 14.4. The molecule has 4 aromatic rings. The second kappa shape index (κ2) is 15.9. The van der Waals surface area contributed by atoms with E-state index < -0.39 is 28.5 Å². The minimum Gasteiger partial charge on any atom is -0.497 e. The van der Waals surface area contributed by atoms with E-state index in [2.05, 4.69) is 21.2 Å². The Morgan fingerprint density at radius 1 is 0.911 bits per heavy atom. The van der Waals surface area contributed by atoms with Crippen molar-refractivity contribution in [2.24, 2.45) is 0 Å². The first-order chi connectivity index (χ1) is 21.6. The molecule has 0 radical (unpaired) electrons. The number of nitrogens with one attached hydrogen (secondary N) is 1. The van der Waals surface area contributed by atoms with Crippen LogP contribution in [0.1, 0.15) is 24.5 Å². The summed E-state index contributed by atoms with van der Waals surface area (Å²) in [5.74, 6) is -0.386. The fourth-order valence-corrected chi connectivity index (χ4v) is 6.60. The van der Waals surface area contributed by atoms with E-state index in [4.69, 9.17) is 16.3 Å². The molecular formula is C34H35BrClN3O5S. The van der Waals surface area contributed by atoms with Crippen molar-refractivity contribution < 1.29 is 22.7 Å². The molecule has 0 unspecified atom stereocenters. The smallest absolute Gasteiger partial charge is 0.264 e. The van der Waals surface area contributed by atoms with Gasteiger partial charge in [-0.15, -0.1) is 0 Å². The number of rotatable bonds is 14. The highest BCUT2D eigenvalue weighted by atomic mass is 79.9. The lowest BCUT2D eigenvalue weighted by Crippen LogP contribution is -2.53. The summed E-state index contributed by atoms with van der Waals surface area (Å²) in [5, 5.41) is 3.25. The van der Waals surface area contributed by atoms with Crippen molar-refractivity contribution in [1.29, 1.82) is 0 Å². The number of carbonyl (C=O) groups is 2. The fourth-order valence-electron chi connectivity index (χ4n) is 4.74. The summed E-state index contributed by atoms with van der Waals surface area (Å²) in [5.41, 5.74) is 1.85. The quantitative estimate of drug-likeness (QED) is 0.162. The lowest BCUT2D eigenvalue weighted by molar-refractivity contribution is -0.140. The van der Waals surface area contributed by atoms with Crippen LogP contribution in [0.5, 0.6) is 5.75 Å². The Morgan fingerprint density at radius 3 is 2.22 bits per heavy atom. The normalized spacial score (nSPS) is 11.8. The summed E-state index contributed by atoms with van der Waals surface area (Å²) >= 11 is 9.73. The van der Waals surface area contributed by atoms with Gasteiger partial charge in [-0.05, 0) is 72.1 Å². The number of ether oxygens (including phenoxy) is 1. The van der Waals surface area contributed by atoms with E-state index in [-0.39, 0.29) is 29.5 Å². The lowest BCUT2D eigenvalue weighted by atomic mass is 10.0. The molecule has 4 rings (SSSR count). The number of carbonyl (C=O) groups excluding carboxylic acids is 2. The molecule has 1 atom stereocenters. The van der Waals surface area contributed by atoms with Crippen LogP contribution in [0.15, 0.2) is 112 Å². The Labute approximate surface area is 278 Å². The van der Waals surface area contributed by atoms with E-state index in [0.717, 1.165) is 19.9 Å². The third-order valence-corrected chi connectivity index (χ3v) is 9.66. The van der Waals surface area contributed by atoms with Gasteiger partial charge in [-0.2, -0.15) is 0 Å². The molecule has 236 valence electrons. The summed E-state index contributed by atoms with van der Waals surface area (Å²) < 4.78 is 35.3. The van der Waals surface area contributed by atoms with Gasteiger partial charge in [0.15, 0.2) is 0 Å². The van der Waals surface area contributed by atoms with Crippen LogP contribution in [-0.2, 0) is 32.6 Å². The van der Waals surface area contributed by atoms with Gasteiger partial charge in [0, 0.05) is 29.0 Å². The van der Waals surface area contributed by atoms with Gasteiger partial charge in [0.1, 0.15) is 18.3 Å². The average Bonchev–Trinajstić information content (AvgIpc) is 3.05. The number of anilines is 1. The van der Waals surface area contributed by atoms with Crippen LogP contribution in [0.25, 0.3) is 0 Å². The van der Waals surface area contributed by atoms with E-state index in [0.29, 0.717) is 23.7 Å². The van der Waals surface area contributed by atoms with Crippen LogP contribution in [-0.4, -0.2) is 51.4 Å². The van der Waals surface area contributed by atoms with Gasteiger partial charge in [0.05, 0.1) is 17.7 Å². The molecule has 0 bridgehead atoms. The van der Waals surface area contributed by atoms with Gasteiger partial charge in [-0.1, -0.05) is 83.0 Å². The number of halogens is 2. The Morgan fingerprint density at radius 2 is 1.60 bits per heavy atom. The summed E-state index contributed by atoms with van der Waals surface area (Å²) in [7, 11) is -2.77. The molecule has 0 aliphatic rings. The third-order valence-electron chi connectivity index (χ3n) is 7.11. The van der Waals surface area contributed by atoms with Crippen molar-refractivity contribution in [3.63, 3.8) is 0 Å². The molecule has 0 fully saturated rings. The van der Waals surface area contributed by atoms with Gasteiger partial charge in [0.2, 0.25) is 11.8 Å². The van der Waals surface area contributed by atoms with Crippen molar-refractivity contribution in [2.75, 3.05) is 24.5 Å². The molecule has 0 spiro atoms. The lowest BCUT2D eigenvalue weighted by Gasteiger charge is -2.34. The van der Waals surface area contributed by atoms with Crippen molar-refractivity contribution >= 4 is 55.1 Å². The summed E-state index contributed by atoms with van der Waals surface area (Å²) in [6.07, 6.45) is 0.953. The molecule has 1 N–H and O–H groups in total. The third kappa shape index (κ3) is 9.09. The largest absolute Gasteiger partial charge is 0.497 e. The van der Waals surface area contributed by atoms with Crippen LogP contribution in [0.3, 0.4) is 0 Å². The van der Waals surface area contributed by atoms with Gasteiger partial charge >= 0.3 is 0 Å². The van der Waals surface area contributed by atoms with Gasteiger partial charge < -0.3 is 15.0 Å². The zero-order chi connectivity index (χ0) is 32.4. The molecule has 0 aliphatic carbocycles. The number of hydrogen-bond donors (Lipinski definition) is 1. The predicted molar refractivity (Wildman–Crippen MR) is 181 cm³/mol. The monoisotopic (exact) mass is 711 g/mol. The minimum absolute atomic E-state index is 0.0305. The highest BCUT2D eigenvalue weighted by Gasteiger charge is 2.34. The fraction of sp³-hybridized carbons (Fsp3) is 0.235. The number of benzene rings is 4. The average molecular weight is 713 g/mol. The first-order valence-corrected chi connectivity index (χ1v) is 17.0. The van der Waals surface area contributed by atoms with Crippen molar-refractivity contribution in [2.45, 2.75) is 37.2 Å². The maximum absolute atomic E-state index is 14.4. The van der Waals surface area contributed by atoms with Crippen molar-refractivity contribution in [3.8, 4) is 5.75 Å². The molecule has 2 amide bonds. The highest BCUT2D eigenvalue weighted by molar-refractivity contribution is 9.10. The summed E-state index contributed by atoms with van der Waals surface area (Å²) in [6, 6.07) is 28.2. The second-order valence-corrected chi connectivity index (χ2v) is 13.5. The maximum Gasteiger partial charge on any atom is 0.264 e. The molecular weight excluding hydrogens is 678 g/mol. The molecule has 8 nitrogen and oxygen atoms in total. The first kappa shape index (κ1) is 34.0. The van der Waals surface area contributed by atoms with E-state index >= 15 is 0 Å². The van der Waals surface area contributed by atoms with Crippen molar-refractivity contribution in [1.82, 2.24) is 10.2 Å². The topological polar surface area (TPSA) is 96.0 Å². The van der Waals surface area contributed by atoms with Gasteiger partial charge in [-0.3, -0.25) is 13.9 Å². The van der Waals surface area contributed by atoms with Crippen LogP contribution in [0, 0.1) is 0 Å². The zero-order valence-electron chi connectivity index (χ0n) is 25.0. The SMILES string of the molecule is CCCNC(=O)[C@H](Cc1ccccc1)N(Cc1ccc(Br)cc1)C(=O)CN(c1cccc(Cl)c1)S(=O)(=O)c1ccc(OC)cc1. The van der Waals surface area contributed by atoms with E-state index in [1.54, 1.807) is 30.3 Å². The van der Waals surface area contributed by atoms with Crippen LogP contribution >= 0.6 is 27.5 Å². The number of sulfonamides is 1. The predicted octanol–water partition coefficient (Wildman–Crippen LogP) is 6.47. The summed E-state index contributed by atoms with van der Waals surface area (Å²) in [6.45, 7) is 1.89. The Bertz CT molecular complexity index is 1690. The zero-order valence-corrected chi connectivity index (χ0v) is 28.2. The Kier molecular flexibility index (Phi) is 12.0. The van der Waals surface area contributed by atoms with Crippen molar-refractivity contribution in [3.05, 3.63) is 124 Å². The molecule has 0 aromatic heterocycles. The second-order valence-electron chi connectivity index (χ2n) is 10.3. The molecule has 0 heterocycles. The molecule has 0 saturated carbocycles. The Balaban J connectivity index is 1.79. The number of hydrogen-bond acceptors (Lipinski definition) is 5. The summed E-state index contributed by atoms with van der Waals surface area (Å²) in [4.78, 5) is 29.6. The van der Waals surface area contributed by atoms with Gasteiger partial charge in [-0.25, -0.2) is 8.42 Å². The molecule has 45 heavy (non-hydrogen) atoms. The molecule has 11 heteroatoms. The number of nitrogens with zero attached hydrogens (tertiary/aromatic N) is 2. The van der Waals surface area contributed by atoms with Crippen LogP contribution in [0.4, 0.5) is 5.69 Å². The Hall–Kier alpha value is -3.86.